The molecule has 1 aromatic carbocycles. The first-order chi connectivity index (χ1) is 12.3. The minimum atomic E-state index is -3.83. The van der Waals surface area contributed by atoms with Crippen molar-refractivity contribution in [2.24, 2.45) is 11.8 Å². The van der Waals surface area contributed by atoms with E-state index in [1.165, 1.54) is 16.4 Å². The summed E-state index contributed by atoms with van der Waals surface area (Å²) in [6.45, 7) is 6.97. The molecule has 9 heteroatoms. The van der Waals surface area contributed by atoms with Gasteiger partial charge in [0.25, 0.3) is 5.69 Å². The van der Waals surface area contributed by atoms with Crippen molar-refractivity contribution in [1.82, 2.24) is 4.31 Å². The number of benzene rings is 1. The van der Waals surface area contributed by atoms with Gasteiger partial charge in [0.05, 0.1) is 23.8 Å². The number of anilines is 1. The maximum atomic E-state index is 13.2. The van der Waals surface area contributed by atoms with Crippen molar-refractivity contribution in [1.29, 1.82) is 0 Å². The molecular formula is C17H25N3O5S. The molecule has 2 saturated heterocycles. The molecule has 2 atom stereocenters. The normalized spacial score (nSPS) is 25.2. The highest BCUT2D eigenvalue weighted by Gasteiger charge is 2.33. The van der Waals surface area contributed by atoms with Gasteiger partial charge in [0.1, 0.15) is 4.90 Å². The molecule has 2 heterocycles. The van der Waals surface area contributed by atoms with Crippen molar-refractivity contribution in [3.63, 3.8) is 0 Å². The van der Waals surface area contributed by atoms with Gasteiger partial charge in [-0.05, 0) is 24.3 Å². The topological polar surface area (TPSA) is 93.0 Å². The Labute approximate surface area is 153 Å². The number of hydrogen-bond acceptors (Lipinski definition) is 6. The fourth-order valence-electron chi connectivity index (χ4n) is 3.87. The van der Waals surface area contributed by atoms with E-state index in [1.807, 2.05) is 0 Å². The van der Waals surface area contributed by atoms with Gasteiger partial charge in [-0.1, -0.05) is 13.8 Å². The second-order valence-electron chi connectivity index (χ2n) is 7.28. The van der Waals surface area contributed by atoms with Crippen LogP contribution < -0.4 is 4.90 Å². The van der Waals surface area contributed by atoms with Crippen LogP contribution in [-0.2, 0) is 14.8 Å². The number of hydrogen-bond donors (Lipinski definition) is 0. The summed E-state index contributed by atoms with van der Waals surface area (Å²) in [5.74, 6) is 0.876. The Morgan fingerprint density at radius 3 is 2.35 bits per heavy atom. The molecule has 2 aliphatic rings. The Kier molecular flexibility index (Phi) is 5.50. The quantitative estimate of drug-likeness (QED) is 0.584. The molecule has 2 fully saturated rings. The van der Waals surface area contributed by atoms with Gasteiger partial charge in [-0.25, -0.2) is 8.42 Å². The van der Waals surface area contributed by atoms with Crippen LogP contribution in [0.2, 0.25) is 0 Å². The highest BCUT2D eigenvalue weighted by molar-refractivity contribution is 7.89. The molecule has 3 rings (SSSR count). The molecule has 0 N–H and O–H groups in total. The van der Waals surface area contributed by atoms with E-state index < -0.39 is 14.9 Å². The molecule has 0 bridgehead atoms. The monoisotopic (exact) mass is 383 g/mol. The van der Waals surface area contributed by atoms with Gasteiger partial charge in [-0.3, -0.25) is 10.1 Å². The number of ether oxygens (including phenoxy) is 1. The highest BCUT2D eigenvalue weighted by atomic mass is 32.2. The van der Waals surface area contributed by atoms with Crippen LogP contribution in [0.25, 0.3) is 0 Å². The second kappa shape index (κ2) is 7.50. The van der Waals surface area contributed by atoms with Gasteiger partial charge in [0.15, 0.2) is 0 Å². The Morgan fingerprint density at radius 2 is 1.77 bits per heavy atom. The van der Waals surface area contributed by atoms with Crippen LogP contribution in [0, 0.1) is 22.0 Å². The number of rotatable bonds is 4. The van der Waals surface area contributed by atoms with E-state index in [2.05, 4.69) is 18.7 Å². The van der Waals surface area contributed by atoms with Crippen LogP contribution in [0.1, 0.15) is 20.3 Å². The fourth-order valence-corrected chi connectivity index (χ4v) is 5.51. The molecule has 144 valence electrons. The van der Waals surface area contributed by atoms with Crippen LogP contribution in [0.4, 0.5) is 11.4 Å². The molecule has 0 amide bonds. The van der Waals surface area contributed by atoms with Gasteiger partial charge in [0.2, 0.25) is 10.0 Å². The summed E-state index contributed by atoms with van der Waals surface area (Å²) in [6.07, 6.45) is 1.09. The molecule has 26 heavy (non-hydrogen) atoms. The van der Waals surface area contributed by atoms with E-state index in [1.54, 1.807) is 6.07 Å². The lowest BCUT2D eigenvalue weighted by molar-refractivity contribution is -0.385. The standard InChI is InChI=1S/C17H25N3O5S/c1-13-9-14(2)12-18(11-13)16-4-3-15(20(21)22)10-17(16)26(23,24)19-5-7-25-8-6-19/h3-4,10,13-14H,5-9,11-12H2,1-2H3. The van der Waals surface area contributed by atoms with Crippen LogP contribution in [0.5, 0.6) is 0 Å². The predicted molar refractivity (Wildman–Crippen MR) is 97.8 cm³/mol. The Hall–Kier alpha value is -1.71. The summed E-state index contributed by atoms with van der Waals surface area (Å²) >= 11 is 0. The summed E-state index contributed by atoms with van der Waals surface area (Å²) in [4.78, 5) is 12.7. The first kappa shape index (κ1) is 19.1. The number of piperidine rings is 1. The minimum Gasteiger partial charge on any atom is -0.379 e. The maximum Gasteiger partial charge on any atom is 0.270 e. The van der Waals surface area contributed by atoms with Crippen molar-refractivity contribution in [2.45, 2.75) is 25.2 Å². The van der Waals surface area contributed by atoms with E-state index in [9.17, 15) is 18.5 Å². The minimum absolute atomic E-state index is 0.0231. The molecular weight excluding hydrogens is 358 g/mol. The van der Waals surface area contributed by atoms with Crippen molar-refractivity contribution < 1.29 is 18.1 Å². The molecule has 0 aromatic heterocycles. The molecule has 2 aliphatic heterocycles. The Balaban J connectivity index is 2.05. The molecule has 0 spiro atoms. The van der Waals surface area contributed by atoms with Crippen LogP contribution in [0.3, 0.4) is 0 Å². The van der Waals surface area contributed by atoms with Crippen molar-refractivity contribution in [2.75, 3.05) is 44.3 Å². The summed E-state index contributed by atoms with van der Waals surface area (Å²) in [5.41, 5.74) is 0.346. The van der Waals surface area contributed by atoms with E-state index in [0.717, 1.165) is 19.5 Å². The lowest BCUT2D eigenvalue weighted by Gasteiger charge is -2.38. The molecule has 8 nitrogen and oxygen atoms in total. The summed E-state index contributed by atoms with van der Waals surface area (Å²) < 4.78 is 33.0. The number of nitro benzene ring substituents is 1. The van der Waals surface area contributed by atoms with Gasteiger partial charge < -0.3 is 9.64 Å². The number of nitrogens with zero attached hydrogens (tertiary/aromatic N) is 3. The molecule has 1 aromatic rings. The smallest absolute Gasteiger partial charge is 0.270 e. The second-order valence-corrected chi connectivity index (χ2v) is 9.18. The van der Waals surface area contributed by atoms with E-state index in [-0.39, 0.29) is 23.7 Å². The average molecular weight is 383 g/mol. The van der Waals surface area contributed by atoms with E-state index in [0.29, 0.717) is 30.7 Å². The molecule has 0 aliphatic carbocycles. The summed E-state index contributed by atoms with van der Waals surface area (Å²) in [7, 11) is -3.83. The van der Waals surface area contributed by atoms with Gasteiger partial charge in [-0.15, -0.1) is 0 Å². The zero-order valence-electron chi connectivity index (χ0n) is 15.1. The zero-order valence-corrected chi connectivity index (χ0v) is 15.9. The molecule has 0 radical (unpaired) electrons. The third-order valence-electron chi connectivity index (χ3n) is 4.95. The number of sulfonamides is 1. The van der Waals surface area contributed by atoms with Gasteiger partial charge in [-0.2, -0.15) is 4.31 Å². The van der Waals surface area contributed by atoms with Crippen molar-refractivity contribution >= 4 is 21.4 Å². The fraction of sp³-hybridized carbons (Fsp3) is 0.647. The number of non-ortho nitro benzene ring substituents is 1. The maximum absolute atomic E-state index is 13.2. The number of nitro groups is 1. The first-order valence-electron chi connectivity index (χ1n) is 8.90. The van der Waals surface area contributed by atoms with Crippen molar-refractivity contribution in [3.8, 4) is 0 Å². The summed E-state index contributed by atoms with van der Waals surface area (Å²) in [6, 6.07) is 4.16. The predicted octanol–water partition coefficient (Wildman–Crippen LogP) is 2.10. The Morgan fingerprint density at radius 1 is 1.15 bits per heavy atom. The average Bonchev–Trinajstić information content (AvgIpc) is 2.61. The van der Waals surface area contributed by atoms with Crippen LogP contribution in [0.15, 0.2) is 23.1 Å². The highest BCUT2D eigenvalue weighted by Crippen LogP contribution is 2.35. The third kappa shape index (κ3) is 3.84. The van der Waals surface area contributed by atoms with Crippen molar-refractivity contribution in [3.05, 3.63) is 28.3 Å². The lowest BCUT2D eigenvalue weighted by Crippen LogP contribution is -2.43. The lowest BCUT2D eigenvalue weighted by atomic mass is 9.91. The van der Waals surface area contributed by atoms with Gasteiger partial charge >= 0.3 is 0 Å². The Bertz CT molecular complexity index is 767. The van der Waals surface area contributed by atoms with E-state index in [4.69, 9.17) is 4.74 Å². The first-order valence-corrected chi connectivity index (χ1v) is 10.3. The van der Waals surface area contributed by atoms with Gasteiger partial charge in [0, 0.05) is 38.3 Å². The number of morpholine rings is 1. The third-order valence-corrected chi connectivity index (χ3v) is 6.88. The van der Waals surface area contributed by atoms with E-state index >= 15 is 0 Å². The summed E-state index contributed by atoms with van der Waals surface area (Å²) in [5, 5.41) is 11.2. The van der Waals surface area contributed by atoms with Crippen LogP contribution >= 0.6 is 0 Å². The van der Waals surface area contributed by atoms with Crippen LogP contribution in [-0.4, -0.2) is 57.0 Å². The largest absolute Gasteiger partial charge is 0.379 e. The molecule has 0 saturated carbocycles. The molecule has 2 unspecified atom stereocenters. The SMILES string of the molecule is CC1CC(C)CN(c2ccc([N+](=O)[O-])cc2S(=O)(=O)N2CCOCC2)C1. The zero-order chi connectivity index (χ0) is 18.9.